The number of guanidine groups is 1. The van der Waals surface area contributed by atoms with Gasteiger partial charge in [0.25, 0.3) is 0 Å². The van der Waals surface area contributed by atoms with Crippen molar-refractivity contribution in [1.29, 1.82) is 0 Å². The van der Waals surface area contributed by atoms with Crippen LogP contribution in [-0.2, 0) is 4.79 Å². The quantitative estimate of drug-likeness (QED) is 0.468. The molecule has 1 aliphatic heterocycles. The number of amides is 1. The van der Waals surface area contributed by atoms with Crippen molar-refractivity contribution in [1.82, 2.24) is 15.5 Å². The number of anilines is 1. The molecule has 3 rings (SSSR count). The van der Waals surface area contributed by atoms with E-state index >= 15 is 0 Å². The number of rotatable bonds is 8. The topological polar surface area (TPSA) is 81.9 Å². The third-order valence-electron chi connectivity index (χ3n) is 4.77. The molecule has 1 unspecified atom stereocenters. The highest BCUT2D eigenvalue weighted by Gasteiger charge is 2.25. The number of hydrogen-bond donors (Lipinski definition) is 3. The summed E-state index contributed by atoms with van der Waals surface area (Å²) >= 11 is 0. The number of benzene rings is 1. The average molecular weight is 401 g/mol. The lowest BCUT2D eigenvalue weighted by Crippen LogP contribution is -2.43. The van der Waals surface area contributed by atoms with Crippen LogP contribution < -0.4 is 16.0 Å². The molecular weight excluding hydrogens is 373 g/mol. The van der Waals surface area contributed by atoms with Crippen molar-refractivity contribution < 1.29 is 13.6 Å². The van der Waals surface area contributed by atoms with Gasteiger partial charge in [-0.2, -0.15) is 0 Å². The minimum absolute atomic E-state index is 0.0398. The Labute approximate surface area is 170 Å². The van der Waals surface area contributed by atoms with E-state index in [9.17, 15) is 9.18 Å². The number of hydrogen-bond acceptors (Lipinski definition) is 4. The molecular formula is C21H28FN5O2. The van der Waals surface area contributed by atoms with Crippen molar-refractivity contribution in [2.24, 2.45) is 4.99 Å². The Morgan fingerprint density at radius 2 is 1.97 bits per heavy atom. The zero-order valence-corrected chi connectivity index (χ0v) is 16.7. The van der Waals surface area contributed by atoms with Crippen molar-refractivity contribution in [3.05, 3.63) is 54.2 Å². The van der Waals surface area contributed by atoms with Gasteiger partial charge in [0.15, 0.2) is 5.96 Å². The summed E-state index contributed by atoms with van der Waals surface area (Å²) < 4.78 is 18.6. The molecule has 7 nitrogen and oxygen atoms in total. The lowest BCUT2D eigenvalue weighted by Gasteiger charge is -2.26. The first kappa shape index (κ1) is 20.9. The molecule has 0 saturated carbocycles. The molecule has 1 aliphatic rings. The highest BCUT2D eigenvalue weighted by molar-refractivity contribution is 5.94. The van der Waals surface area contributed by atoms with Gasteiger partial charge in [-0.15, -0.1) is 0 Å². The lowest BCUT2D eigenvalue weighted by atomic mass is 10.2. The van der Waals surface area contributed by atoms with Gasteiger partial charge in [-0.1, -0.05) is 0 Å². The summed E-state index contributed by atoms with van der Waals surface area (Å²) in [6.07, 6.45) is 4.07. The molecule has 29 heavy (non-hydrogen) atoms. The van der Waals surface area contributed by atoms with Crippen LogP contribution >= 0.6 is 0 Å². The van der Waals surface area contributed by atoms with Gasteiger partial charge < -0.3 is 20.4 Å². The molecule has 8 heteroatoms. The number of carbonyl (C=O) groups is 1. The molecule has 0 aliphatic carbocycles. The summed E-state index contributed by atoms with van der Waals surface area (Å²) in [6.45, 7) is 5.32. The maximum absolute atomic E-state index is 13.0. The molecule has 2 aromatic rings. The molecule has 1 aromatic carbocycles. The van der Waals surface area contributed by atoms with E-state index in [4.69, 9.17) is 4.42 Å². The third kappa shape index (κ3) is 6.32. The molecule has 2 heterocycles. The van der Waals surface area contributed by atoms with Crippen LogP contribution in [0.2, 0.25) is 0 Å². The van der Waals surface area contributed by atoms with Crippen LogP contribution in [0.25, 0.3) is 0 Å². The van der Waals surface area contributed by atoms with Crippen LogP contribution in [0.3, 0.4) is 0 Å². The summed E-state index contributed by atoms with van der Waals surface area (Å²) in [5, 5.41) is 9.19. The summed E-state index contributed by atoms with van der Waals surface area (Å²) in [5.41, 5.74) is 0.538. The summed E-state index contributed by atoms with van der Waals surface area (Å²) in [6, 6.07) is 9.65. The summed E-state index contributed by atoms with van der Waals surface area (Å²) in [4.78, 5) is 18.9. The molecule has 0 radical (unpaired) electrons. The van der Waals surface area contributed by atoms with Crippen molar-refractivity contribution >= 4 is 17.6 Å². The minimum Gasteiger partial charge on any atom is -0.468 e. The molecule has 0 spiro atoms. The zero-order chi connectivity index (χ0) is 20.5. The second-order valence-electron chi connectivity index (χ2n) is 6.91. The van der Waals surface area contributed by atoms with E-state index in [1.807, 2.05) is 19.1 Å². The van der Waals surface area contributed by atoms with Gasteiger partial charge in [-0.05, 0) is 69.3 Å². The zero-order valence-electron chi connectivity index (χ0n) is 16.7. The van der Waals surface area contributed by atoms with Crippen LogP contribution in [0.5, 0.6) is 0 Å². The van der Waals surface area contributed by atoms with E-state index in [0.717, 1.165) is 18.8 Å². The fourth-order valence-electron chi connectivity index (χ4n) is 3.36. The SMILES string of the molecule is CCNC(=NCC(=O)Nc1ccc(F)cc1)NCC(c1ccco1)N1CCCC1. The summed E-state index contributed by atoms with van der Waals surface area (Å²) in [5.74, 6) is 0.876. The number of aliphatic imine (C=N–C) groups is 1. The molecule has 3 N–H and O–H groups in total. The standard InChI is InChI=1S/C21H28FN5O2/c1-2-23-21(25-15-20(28)26-17-9-7-16(22)8-10-17)24-14-18(19-6-5-13-29-19)27-11-3-4-12-27/h5-10,13,18H,2-4,11-12,14-15H2,1H3,(H,26,28)(H2,23,24,25). The first-order valence-electron chi connectivity index (χ1n) is 10.0. The Kier molecular flexibility index (Phi) is 7.63. The van der Waals surface area contributed by atoms with Crippen LogP contribution in [0.4, 0.5) is 10.1 Å². The van der Waals surface area contributed by atoms with Gasteiger partial charge in [0, 0.05) is 18.8 Å². The normalized spacial score (nSPS) is 15.9. The second-order valence-corrected chi connectivity index (χ2v) is 6.91. The monoisotopic (exact) mass is 401 g/mol. The highest BCUT2D eigenvalue weighted by atomic mass is 19.1. The largest absolute Gasteiger partial charge is 0.468 e. The van der Waals surface area contributed by atoms with Crippen LogP contribution in [0.1, 0.15) is 31.6 Å². The Hall–Kier alpha value is -2.87. The van der Waals surface area contributed by atoms with Crippen LogP contribution in [0, 0.1) is 5.82 Å². The van der Waals surface area contributed by atoms with Gasteiger partial charge in [-0.3, -0.25) is 9.69 Å². The Morgan fingerprint density at radius 1 is 1.21 bits per heavy atom. The smallest absolute Gasteiger partial charge is 0.246 e. The van der Waals surface area contributed by atoms with E-state index in [1.54, 1.807) is 6.26 Å². The Balaban J connectivity index is 1.57. The molecule has 1 fully saturated rings. The molecule has 1 saturated heterocycles. The highest BCUT2D eigenvalue weighted by Crippen LogP contribution is 2.24. The van der Waals surface area contributed by atoms with E-state index in [0.29, 0.717) is 24.7 Å². The number of furan rings is 1. The number of nitrogens with zero attached hydrogens (tertiary/aromatic N) is 2. The maximum Gasteiger partial charge on any atom is 0.246 e. The minimum atomic E-state index is -0.344. The van der Waals surface area contributed by atoms with E-state index in [-0.39, 0.29) is 24.3 Å². The lowest BCUT2D eigenvalue weighted by molar-refractivity contribution is -0.114. The third-order valence-corrected chi connectivity index (χ3v) is 4.77. The van der Waals surface area contributed by atoms with Crippen LogP contribution in [-0.4, -0.2) is 49.5 Å². The Morgan fingerprint density at radius 3 is 2.62 bits per heavy atom. The van der Waals surface area contributed by atoms with E-state index < -0.39 is 0 Å². The van der Waals surface area contributed by atoms with Crippen molar-refractivity contribution in [3.8, 4) is 0 Å². The molecule has 156 valence electrons. The first-order valence-corrected chi connectivity index (χ1v) is 10.0. The van der Waals surface area contributed by atoms with Crippen molar-refractivity contribution in [2.45, 2.75) is 25.8 Å². The van der Waals surface area contributed by atoms with Gasteiger partial charge in [0.2, 0.25) is 5.91 Å². The van der Waals surface area contributed by atoms with Gasteiger partial charge in [0.1, 0.15) is 18.1 Å². The number of halogens is 1. The number of likely N-dealkylation sites (tertiary alicyclic amines) is 1. The number of nitrogens with one attached hydrogen (secondary N) is 3. The predicted octanol–water partition coefficient (Wildman–Crippen LogP) is 2.75. The van der Waals surface area contributed by atoms with Crippen molar-refractivity contribution in [2.75, 3.05) is 38.0 Å². The maximum atomic E-state index is 13.0. The Bertz CT molecular complexity index is 786. The molecule has 1 atom stereocenters. The molecule has 1 amide bonds. The van der Waals surface area contributed by atoms with Gasteiger partial charge >= 0.3 is 0 Å². The predicted molar refractivity (Wildman–Crippen MR) is 111 cm³/mol. The molecule has 1 aromatic heterocycles. The van der Waals surface area contributed by atoms with E-state index in [2.05, 4.69) is 25.8 Å². The fraction of sp³-hybridized carbons (Fsp3) is 0.429. The average Bonchev–Trinajstić information content (AvgIpc) is 3.43. The first-order chi connectivity index (χ1) is 14.2. The fourth-order valence-corrected chi connectivity index (χ4v) is 3.36. The number of carbonyl (C=O) groups excluding carboxylic acids is 1. The van der Waals surface area contributed by atoms with Crippen LogP contribution in [0.15, 0.2) is 52.1 Å². The van der Waals surface area contributed by atoms with Gasteiger partial charge in [-0.25, -0.2) is 9.38 Å². The summed E-state index contributed by atoms with van der Waals surface area (Å²) in [7, 11) is 0. The van der Waals surface area contributed by atoms with Gasteiger partial charge in [0.05, 0.1) is 12.3 Å². The second kappa shape index (κ2) is 10.6. The van der Waals surface area contributed by atoms with Crippen molar-refractivity contribution in [3.63, 3.8) is 0 Å². The van der Waals surface area contributed by atoms with E-state index in [1.165, 1.54) is 37.1 Å². The molecule has 0 bridgehead atoms.